The van der Waals surface area contributed by atoms with Crippen LogP contribution in [0.1, 0.15) is 6.92 Å². The summed E-state index contributed by atoms with van der Waals surface area (Å²) in [5.74, 6) is 6.36. The zero-order chi connectivity index (χ0) is 18.2. The van der Waals surface area contributed by atoms with Crippen molar-refractivity contribution in [2.75, 3.05) is 67.2 Å². The van der Waals surface area contributed by atoms with E-state index >= 15 is 0 Å². The van der Waals surface area contributed by atoms with E-state index in [9.17, 15) is 4.79 Å². The van der Waals surface area contributed by atoms with Crippen LogP contribution >= 0.6 is 35.3 Å². The van der Waals surface area contributed by atoms with Crippen molar-refractivity contribution >= 4 is 47.0 Å². The van der Waals surface area contributed by atoms with Gasteiger partial charge in [0.05, 0.1) is 6.54 Å². The van der Waals surface area contributed by atoms with E-state index in [0.29, 0.717) is 30.9 Å². The van der Waals surface area contributed by atoms with Gasteiger partial charge in [-0.1, -0.05) is 6.92 Å². The number of nitrogens with zero attached hydrogens (tertiary/aromatic N) is 1. The number of fused-ring (bicyclic) bond motifs is 14. The molecule has 2 bridgehead atoms. The van der Waals surface area contributed by atoms with Gasteiger partial charge in [-0.2, -0.15) is 35.3 Å². The summed E-state index contributed by atoms with van der Waals surface area (Å²) < 4.78 is 0. The summed E-state index contributed by atoms with van der Waals surface area (Å²) in [4.78, 5) is 16.8. The number of hydrogen-bond acceptors (Lipinski definition) is 8. The number of nitrogens with two attached hydrogens (primary N) is 2. The minimum atomic E-state index is -0.956. The lowest BCUT2D eigenvalue weighted by Gasteiger charge is -2.33. The van der Waals surface area contributed by atoms with E-state index in [4.69, 9.17) is 11.5 Å². The molecule has 3 aliphatic heterocycles. The fourth-order valence-corrected chi connectivity index (χ4v) is 6.61. The van der Waals surface area contributed by atoms with Crippen LogP contribution in [0, 0.1) is 10.8 Å². The summed E-state index contributed by atoms with van der Waals surface area (Å²) in [6.07, 6.45) is 0. The van der Waals surface area contributed by atoms with Crippen LogP contribution in [0.4, 0.5) is 0 Å². The Hall–Kier alpha value is -0.0900. The van der Waals surface area contributed by atoms with E-state index in [1.807, 2.05) is 35.3 Å². The van der Waals surface area contributed by atoms with Gasteiger partial charge < -0.3 is 22.1 Å². The number of rotatable bonds is 1. The number of carbonyl (C=O) groups is 1. The Bertz CT molecular complexity index is 459. The fourth-order valence-electron chi connectivity index (χ4n) is 2.90. The maximum atomic E-state index is 12.3. The topological polar surface area (TPSA) is 106 Å². The van der Waals surface area contributed by atoms with Crippen molar-refractivity contribution in [3.05, 3.63) is 0 Å². The molecular weight excluding hydrogens is 374 g/mol. The molecule has 9 heteroatoms. The highest BCUT2D eigenvalue weighted by Gasteiger charge is 2.40. The largest absolute Gasteiger partial charge is 0.386 e. The molecule has 25 heavy (non-hydrogen) atoms. The summed E-state index contributed by atoms with van der Waals surface area (Å²) >= 11 is 5.92. The van der Waals surface area contributed by atoms with Crippen LogP contribution in [0.15, 0.2) is 4.99 Å². The van der Waals surface area contributed by atoms with E-state index in [1.54, 1.807) is 0 Å². The number of amides is 1. The molecule has 0 saturated carbocycles. The molecule has 1 fully saturated rings. The molecule has 0 aromatic rings. The van der Waals surface area contributed by atoms with E-state index in [2.05, 4.69) is 22.5 Å². The van der Waals surface area contributed by atoms with Crippen molar-refractivity contribution in [3.63, 3.8) is 0 Å². The van der Waals surface area contributed by atoms with E-state index in [0.717, 1.165) is 47.6 Å². The van der Waals surface area contributed by atoms with E-state index in [1.165, 1.54) is 0 Å². The quantitative estimate of drug-likeness (QED) is 0.495. The maximum Gasteiger partial charge on any atom is 0.233 e. The second-order valence-corrected chi connectivity index (χ2v) is 10.4. The van der Waals surface area contributed by atoms with Gasteiger partial charge in [-0.15, -0.1) is 0 Å². The van der Waals surface area contributed by atoms with Gasteiger partial charge >= 0.3 is 0 Å². The van der Waals surface area contributed by atoms with Crippen LogP contribution in [-0.2, 0) is 4.79 Å². The standard InChI is InChI=1S/C16H31N5OS3/c1-15-10-23-5-2-19-8-16(14(18)22,9-20-3-6-24-11-15)13(17)21-4-7-25-12-15/h19-20H,2-12H2,1H3,(H2,17,21)(H2,18,22). The summed E-state index contributed by atoms with van der Waals surface area (Å²) in [6, 6.07) is 0. The van der Waals surface area contributed by atoms with Crippen molar-refractivity contribution in [3.8, 4) is 0 Å². The fraction of sp³-hybridized carbons (Fsp3) is 0.875. The van der Waals surface area contributed by atoms with Gasteiger partial charge in [0, 0.05) is 60.7 Å². The predicted octanol–water partition coefficient (Wildman–Crippen LogP) is 0.228. The first-order valence-corrected chi connectivity index (χ1v) is 12.2. The monoisotopic (exact) mass is 405 g/mol. The number of thioether (sulfide) groups is 3. The van der Waals surface area contributed by atoms with Crippen LogP contribution < -0.4 is 22.1 Å². The lowest BCUT2D eigenvalue weighted by molar-refractivity contribution is -0.124. The molecule has 144 valence electrons. The van der Waals surface area contributed by atoms with E-state index in [-0.39, 0.29) is 0 Å². The Labute approximate surface area is 163 Å². The summed E-state index contributed by atoms with van der Waals surface area (Å²) in [5, 5.41) is 6.76. The van der Waals surface area contributed by atoms with Crippen molar-refractivity contribution < 1.29 is 4.79 Å². The third-order valence-corrected chi connectivity index (χ3v) is 8.69. The van der Waals surface area contributed by atoms with Crippen LogP contribution in [-0.4, -0.2) is 79.0 Å². The lowest BCUT2D eigenvalue weighted by atomic mass is 9.85. The van der Waals surface area contributed by atoms with Gasteiger partial charge in [0.25, 0.3) is 0 Å². The van der Waals surface area contributed by atoms with E-state index < -0.39 is 11.3 Å². The highest BCUT2D eigenvalue weighted by atomic mass is 32.2. The Kier molecular flexibility index (Phi) is 8.74. The normalized spacial score (nSPS) is 33.9. The zero-order valence-electron chi connectivity index (χ0n) is 15.0. The highest BCUT2D eigenvalue weighted by molar-refractivity contribution is 8.01. The summed E-state index contributed by atoms with van der Waals surface area (Å²) in [6.45, 7) is 5.56. The summed E-state index contributed by atoms with van der Waals surface area (Å²) in [7, 11) is 0. The summed E-state index contributed by atoms with van der Waals surface area (Å²) in [5.41, 5.74) is 11.4. The van der Waals surface area contributed by atoms with Crippen molar-refractivity contribution in [1.29, 1.82) is 0 Å². The minimum Gasteiger partial charge on any atom is -0.386 e. The maximum absolute atomic E-state index is 12.3. The molecule has 0 aliphatic carbocycles. The zero-order valence-corrected chi connectivity index (χ0v) is 17.5. The number of hydrogen-bond donors (Lipinski definition) is 4. The third kappa shape index (κ3) is 6.23. The average Bonchev–Trinajstić information content (AvgIpc) is 2.57. The van der Waals surface area contributed by atoms with Gasteiger partial charge in [0.1, 0.15) is 11.3 Å². The molecule has 3 aliphatic rings. The molecule has 0 aromatic carbocycles. The lowest BCUT2D eigenvalue weighted by Crippen LogP contribution is -2.59. The molecule has 1 saturated heterocycles. The minimum absolute atomic E-state index is 0.334. The van der Waals surface area contributed by atoms with Gasteiger partial charge in [0.2, 0.25) is 5.91 Å². The SMILES string of the molecule is CC12CSCCN=C(N)C(C(N)=O)(CNCCSC1)CNCCSC2. The third-order valence-electron chi connectivity index (χ3n) is 4.53. The molecule has 0 spiro atoms. The molecule has 0 atom stereocenters. The number of carbonyl (C=O) groups excluding carboxylic acids is 1. The van der Waals surface area contributed by atoms with Gasteiger partial charge in [-0.25, -0.2) is 0 Å². The van der Waals surface area contributed by atoms with Crippen LogP contribution in [0.25, 0.3) is 0 Å². The van der Waals surface area contributed by atoms with Crippen molar-refractivity contribution in [1.82, 2.24) is 10.6 Å². The molecule has 3 rings (SSSR count). The Morgan fingerprint density at radius 3 is 2.08 bits per heavy atom. The average molecular weight is 406 g/mol. The van der Waals surface area contributed by atoms with Crippen molar-refractivity contribution in [2.24, 2.45) is 27.3 Å². The smallest absolute Gasteiger partial charge is 0.233 e. The molecule has 6 nitrogen and oxygen atoms in total. The number of nitrogens with one attached hydrogen (secondary N) is 2. The Morgan fingerprint density at radius 2 is 1.56 bits per heavy atom. The van der Waals surface area contributed by atoms with Crippen LogP contribution in [0.2, 0.25) is 0 Å². The molecule has 0 unspecified atom stereocenters. The van der Waals surface area contributed by atoms with Crippen LogP contribution in [0.3, 0.4) is 0 Å². The van der Waals surface area contributed by atoms with Gasteiger partial charge in [0.15, 0.2) is 0 Å². The predicted molar refractivity (Wildman–Crippen MR) is 114 cm³/mol. The number of primary amides is 1. The molecule has 3 heterocycles. The second-order valence-electron chi connectivity index (χ2n) is 7.04. The van der Waals surface area contributed by atoms with Crippen LogP contribution in [0.5, 0.6) is 0 Å². The van der Waals surface area contributed by atoms with Crippen molar-refractivity contribution in [2.45, 2.75) is 6.92 Å². The molecular formula is C16H31N5OS3. The number of amidine groups is 1. The van der Waals surface area contributed by atoms with Gasteiger partial charge in [-0.05, 0) is 5.41 Å². The second kappa shape index (κ2) is 10.3. The first-order chi connectivity index (χ1) is 12.0. The molecule has 0 radical (unpaired) electrons. The van der Waals surface area contributed by atoms with Gasteiger partial charge in [-0.3, -0.25) is 9.79 Å². The Balaban J connectivity index is 2.27. The molecule has 1 amide bonds. The number of aliphatic imine (C=N–C) groups is 1. The highest BCUT2D eigenvalue weighted by Crippen LogP contribution is 2.31. The molecule has 0 aromatic heterocycles. The first kappa shape index (κ1) is 21.2. The molecule has 6 N–H and O–H groups in total. The Morgan fingerprint density at radius 1 is 1.04 bits per heavy atom. The first-order valence-electron chi connectivity index (χ1n) is 8.74.